The number of rotatable bonds is 4. The molecule has 15 heavy (non-hydrogen) atoms. The van der Waals surface area contributed by atoms with Gasteiger partial charge in [-0.3, -0.25) is 0 Å². The topological polar surface area (TPSA) is 26.3 Å². The fraction of sp³-hybridized carbons (Fsp3) is 0.700. The number of esters is 1. The molecule has 0 saturated carbocycles. The maximum atomic E-state index is 12.0. The third-order valence-electron chi connectivity index (χ3n) is 1.72. The highest BCUT2D eigenvalue weighted by Crippen LogP contribution is 2.24. The molecule has 0 radical (unpaired) electrons. The van der Waals surface area contributed by atoms with Gasteiger partial charge in [0.05, 0.1) is 6.61 Å². The first-order valence-electron chi connectivity index (χ1n) is 4.65. The lowest BCUT2D eigenvalue weighted by Gasteiger charge is -2.07. The highest BCUT2D eigenvalue weighted by Gasteiger charge is 2.30. The summed E-state index contributed by atoms with van der Waals surface area (Å²) in [6.07, 6.45) is -3.35. The Morgan fingerprint density at radius 1 is 1.40 bits per heavy atom. The monoisotopic (exact) mass is 224 g/mol. The van der Waals surface area contributed by atoms with Crippen molar-refractivity contribution in [1.82, 2.24) is 0 Å². The molecule has 0 aliphatic heterocycles. The molecular weight excluding hydrogens is 209 g/mol. The molecule has 0 N–H and O–H groups in total. The zero-order chi connectivity index (χ0) is 12.1. The summed E-state index contributed by atoms with van der Waals surface area (Å²) in [5, 5.41) is 0. The average molecular weight is 224 g/mol. The normalized spacial score (nSPS) is 13.1. The van der Waals surface area contributed by atoms with E-state index in [1.165, 1.54) is 0 Å². The van der Waals surface area contributed by atoms with Crippen LogP contribution in [0.3, 0.4) is 0 Å². The Hall–Kier alpha value is -1.00. The zero-order valence-corrected chi connectivity index (χ0v) is 9.02. The fourth-order valence-electron chi connectivity index (χ4n) is 0.695. The third-order valence-corrected chi connectivity index (χ3v) is 1.72. The van der Waals surface area contributed by atoms with E-state index in [9.17, 15) is 18.0 Å². The van der Waals surface area contributed by atoms with Gasteiger partial charge in [-0.05, 0) is 19.3 Å². The van der Waals surface area contributed by atoms with Gasteiger partial charge in [0.1, 0.15) is 0 Å². The lowest BCUT2D eigenvalue weighted by Crippen LogP contribution is -2.12. The van der Waals surface area contributed by atoms with Crippen LogP contribution in [0.5, 0.6) is 0 Å². The second-order valence-electron chi connectivity index (χ2n) is 3.68. The van der Waals surface area contributed by atoms with Gasteiger partial charge in [-0.1, -0.05) is 13.8 Å². The molecular formula is C10H15F3O2. The maximum absolute atomic E-state index is 12.0. The molecule has 0 rings (SSSR count). The van der Waals surface area contributed by atoms with Gasteiger partial charge in [0, 0.05) is 11.6 Å². The highest BCUT2D eigenvalue weighted by molar-refractivity contribution is 5.82. The number of ether oxygens (including phenoxy) is 1. The molecule has 0 heterocycles. The second-order valence-corrected chi connectivity index (χ2v) is 3.68. The van der Waals surface area contributed by atoms with Crippen molar-refractivity contribution in [3.8, 4) is 0 Å². The van der Waals surface area contributed by atoms with E-state index >= 15 is 0 Å². The summed E-state index contributed by atoms with van der Waals surface area (Å²) in [6, 6.07) is 0. The standard InChI is InChI=1S/C10H15F3O2/c1-7(2)4-5-15-9(14)6-8(3)10(11,12)13/h6-7H,4-5H2,1-3H3. The van der Waals surface area contributed by atoms with E-state index in [1.54, 1.807) is 0 Å². The summed E-state index contributed by atoms with van der Waals surface area (Å²) >= 11 is 0. The second kappa shape index (κ2) is 5.78. The number of hydrogen-bond donors (Lipinski definition) is 0. The van der Waals surface area contributed by atoms with Crippen LogP contribution in [0.2, 0.25) is 0 Å². The van der Waals surface area contributed by atoms with Gasteiger partial charge in [0.2, 0.25) is 0 Å². The van der Waals surface area contributed by atoms with Crippen molar-refractivity contribution in [3.63, 3.8) is 0 Å². The van der Waals surface area contributed by atoms with Crippen molar-refractivity contribution in [3.05, 3.63) is 11.6 Å². The molecule has 0 aliphatic carbocycles. The minimum atomic E-state index is -4.46. The number of alkyl halides is 3. The summed E-state index contributed by atoms with van der Waals surface area (Å²) < 4.78 is 40.6. The SMILES string of the molecule is CC(=CC(=O)OCCC(C)C)C(F)(F)F. The van der Waals surface area contributed by atoms with E-state index in [1.807, 2.05) is 13.8 Å². The quantitative estimate of drug-likeness (QED) is 0.541. The van der Waals surface area contributed by atoms with Crippen LogP contribution in [0.15, 0.2) is 11.6 Å². The van der Waals surface area contributed by atoms with Gasteiger partial charge in [0.25, 0.3) is 0 Å². The summed E-state index contributed by atoms with van der Waals surface area (Å²) in [5.41, 5.74) is -0.947. The molecule has 0 aromatic rings. The molecule has 5 heteroatoms. The van der Waals surface area contributed by atoms with Crippen LogP contribution in [0.1, 0.15) is 27.2 Å². The van der Waals surface area contributed by atoms with Crippen LogP contribution in [-0.4, -0.2) is 18.8 Å². The molecule has 0 unspecified atom stereocenters. The first kappa shape index (κ1) is 14.0. The number of carbonyl (C=O) groups excluding carboxylic acids is 1. The summed E-state index contributed by atoms with van der Waals surface area (Å²) in [5.74, 6) is -0.587. The largest absolute Gasteiger partial charge is 0.463 e. The van der Waals surface area contributed by atoms with Crippen LogP contribution < -0.4 is 0 Å². The van der Waals surface area contributed by atoms with Gasteiger partial charge in [-0.2, -0.15) is 13.2 Å². The van der Waals surface area contributed by atoms with Gasteiger partial charge < -0.3 is 4.74 Å². The first-order chi connectivity index (χ1) is 6.73. The third kappa shape index (κ3) is 6.99. The van der Waals surface area contributed by atoms with Gasteiger partial charge in [-0.25, -0.2) is 4.79 Å². The van der Waals surface area contributed by atoms with E-state index in [2.05, 4.69) is 4.74 Å². The predicted molar refractivity (Wildman–Crippen MR) is 50.2 cm³/mol. The van der Waals surface area contributed by atoms with E-state index in [0.29, 0.717) is 18.4 Å². The Morgan fingerprint density at radius 3 is 2.33 bits per heavy atom. The number of carbonyl (C=O) groups is 1. The average Bonchev–Trinajstić information content (AvgIpc) is 2.01. The Labute approximate surface area is 87.1 Å². The minimum absolute atomic E-state index is 0.151. The molecule has 2 nitrogen and oxygen atoms in total. The molecule has 0 bridgehead atoms. The van der Waals surface area contributed by atoms with Crippen molar-refractivity contribution in [1.29, 1.82) is 0 Å². The van der Waals surface area contributed by atoms with Crippen LogP contribution >= 0.6 is 0 Å². The number of hydrogen-bond acceptors (Lipinski definition) is 2. The Kier molecular flexibility index (Phi) is 5.39. The van der Waals surface area contributed by atoms with E-state index in [0.717, 1.165) is 6.92 Å². The lowest BCUT2D eigenvalue weighted by molar-refractivity contribution is -0.139. The predicted octanol–water partition coefficient (Wildman–Crippen LogP) is 3.08. The molecule has 0 aromatic heterocycles. The molecule has 0 aromatic carbocycles. The molecule has 88 valence electrons. The van der Waals surface area contributed by atoms with E-state index < -0.39 is 17.7 Å². The smallest absolute Gasteiger partial charge is 0.412 e. The molecule has 0 fully saturated rings. The Morgan fingerprint density at radius 2 is 1.93 bits per heavy atom. The number of halogens is 3. The van der Waals surface area contributed by atoms with Crippen molar-refractivity contribution in [2.45, 2.75) is 33.4 Å². The highest BCUT2D eigenvalue weighted by atomic mass is 19.4. The molecule has 0 aliphatic rings. The first-order valence-corrected chi connectivity index (χ1v) is 4.65. The van der Waals surface area contributed by atoms with E-state index in [4.69, 9.17) is 0 Å². The van der Waals surface area contributed by atoms with Gasteiger partial charge in [-0.15, -0.1) is 0 Å². The minimum Gasteiger partial charge on any atom is -0.463 e. The van der Waals surface area contributed by atoms with Gasteiger partial charge in [0.15, 0.2) is 0 Å². The Bertz CT molecular complexity index is 242. The van der Waals surface area contributed by atoms with Crippen molar-refractivity contribution >= 4 is 5.97 Å². The van der Waals surface area contributed by atoms with Crippen molar-refractivity contribution in [2.75, 3.05) is 6.61 Å². The maximum Gasteiger partial charge on any atom is 0.412 e. The lowest BCUT2D eigenvalue weighted by atomic mass is 10.1. The van der Waals surface area contributed by atoms with E-state index in [-0.39, 0.29) is 6.61 Å². The van der Waals surface area contributed by atoms with Gasteiger partial charge >= 0.3 is 12.1 Å². The van der Waals surface area contributed by atoms with Crippen molar-refractivity contribution in [2.24, 2.45) is 5.92 Å². The van der Waals surface area contributed by atoms with Crippen LogP contribution in [0.25, 0.3) is 0 Å². The zero-order valence-electron chi connectivity index (χ0n) is 9.02. The Balaban J connectivity index is 4.03. The summed E-state index contributed by atoms with van der Waals surface area (Å²) in [4.78, 5) is 10.9. The van der Waals surface area contributed by atoms with Crippen LogP contribution in [0.4, 0.5) is 13.2 Å². The molecule has 0 amide bonds. The number of allylic oxidation sites excluding steroid dienone is 1. The van der Waals surface area contributed by atoms with Crippen LogP contribution in [0, 0.1) is 5.92 Å². The molecule has 0 saturated heterocycles. The van der Waals surface area contributed by atoms with Crippen LogP contribution in [-0.2, 0) is 9.53 Å². The van der Waals surface area contributed by atoms with Crippen molar-refractivity contribution < 1.29 is 22.7 Å². The summed E-state index contributed by atoms with van der Waals surface area (Å²) in [6.45, 7) is 4.86. The fourth-order valence-corrected chi connectivity index (χ4v) is 0.695. The molecule has 0 spiro atoms. The molecule has 0 atom stereocenters. The summed E-state index contributed by atoms with van der Waals surface area (Å²) in [7, 11) is 0.